The average Bonchev–Trinajstić information content (AvgIpc) is 3.36. The molecule has 0 aliphatic rings. The van der Waals surface area contributed by atoms with Crippen LogP contribution in [0.2, 0.25) is 0 Å². The van der Waals surface area contributed by atoms with Crippen LogP contribution in [0.4, 0.5) is 11.4 Å². The zero-order chi connectivity index (χ0) is 23.5. The number of hydrogen-bond donors (Lipinski definition) is 3. The van der Waals surface area contributed by atoms with Crippen molar-refractivity contribution in [3.63, 3.8) is 0 Å². The molecule has 4 N–H and O–H groups in total. The molecule has 0 unspecified atom stereocenters. The number of thiazole rings is 2. The summed E-state index contributed by atoms with van der Waals surface area (Å²) in [4.78, 5) is 8.68. The highest BCUT2D eigenvalue weighted by Gasteiger charge is 2.07. The van der Waals surface area contributed by atoms with Gasteiger partial charge in [-0.15, -0.1) is 22.7 Å². The van der Waals surface area contributed by atoms with Crippen molar-refractivity contribution in [3.05, 3.63) is 75.2 Å². The summed E-state index contributed by atoms with van der Waals surface area (Å²) < 4.78 is 2.09. The normalized spacial score (nSPS) is 10.6. The zero-order valence-corrected chi connectivity index (χ0v) is 20.1. The lowest BCUT2D eigenvalue weighted by atomic mass is 10.1. The highest BCUT2D eigenvalue weighted by atomic mass is 32.1. The fraction of sp³-hybridized carbons (Fsp3) is 0.160. The van der Waals surface area contributed by atoms with Crippen molar-refractivity contribution in [2.75, 3.05) is 11.1 Å². The standard InChI is InChI=1S/C16H17N3S.C9H6N2OS/c1-10-6-14(8-15-16(10)19-11(2)20-15)18-9-12-4-3-5-13(17)7-12;1-5-2-6(12)3-7-9(5)11-8(4-10)13-7/h3-8,18H,9,17H2,1-2H3;2-3,12H,1H3. The van der Waals surface area contributed by atoms with E-state index in [9.17, 15) is 5.11 Å². The first kappa shape index (κ1) is 22.5. The molecular weight excluding hydrogens is 450 g/mol. The molecule has 6 nitrogen and oxygen atoms in total. The molecule has 0 fully saturated rings. The minimum absolute atomic E-state index is 0.220. The third kappa shape index (κ3) is 5.22. The Labute approximate surface area is 200 Å². The first-order valence-electron chi connectivity index (χ1n) is 10.3. The number of benzene rings is 3. The van der Waals surface area contributed by atoms with Crippen molar-refractivity contribution in [1.29, 1.82) is 5.26 Å². The van der Waals surface area contributed by atoms with Gasteiger partial charge in [0, 0.05) is 17.9 Å². The number of anilines is 2. The number of nitrogens with one attached hydrogen (secondary N) is 1. The van der Waals surface area contributed by atoms with E-state index in [1.807, 2.05) is 38.1 Å². The van der Waals surface area contributed by atoms with E-state index in [4.69, 9.17) is 11.0 Å². The smallest absolute Gasteiger partial charge is 0.195 e. The predicted octanol–water partition coefficient (Wildman–Crippen LogP) is 6.29. The number of rotatable bonds is 3. The lowest BCUT2D eigenvalue weighted by Crippen LogP contribution is -2.00. The van der Waals surface area contributed by atoms with Crippen LogP contribution in [0, 0.1) is 32.1 Å². The van der Waals surface area contributed by atoms with E-state index in [1.165, 1.54) is 27.2 Å². The van der Waals surface area contributed by atoms with Gasteiger partial charge in [0.25, 0.3) is 0 Å². The summed E-state index contributed by atoms with van der Waals surface area (Å²) >= 11 is 3.03. The number of aromatic hydroxyl groups is 1. The SMILES string of the molecule is Cc1cc(O)cc2sc(C#N)nc12.Cc1nc2c(C)cc(NCc3cccc(N)c3)cc2s1. The molecule has 166 valence electrons. The maximum Gasteiger partial charge on any atom is 0.195 e. The Morgan fingerprint density at radius 3 is 2.45 bits per heavy atom. The molecule has 0 bridgehead atoms. The van der Waals surface area contributed by atoms with E-state index in [-0.39, 0.29) is 5.75 Å². The topological polar surface area (TPSA) is 108 Å². The van der Waals surface area contributed by atoms with Gasteiger partial charge in [0.05, 0.1) is 25.4 Å². The number of fused-ring (bicyclic) bond motifs is 2. The van der Waals surface area contributed by atoms with E-state index in [1.54, 1.807) is 23.5 Å². The van der Waals surface area contributed by atoms with Crippen LogP contribution in [0.25, 0.3) is 20.4 Å². The second-order valence-corrected chi connectivity index (χ2v) is 9.98. The molecule has 0 amide bonds. The molecule has 0 aliphatic carbocycles. The number of nitrogen functional groups attached to an aromatic ring is 1. The Bertz CT molecular complexity index is 1500. The van der Waals surface area contributed by atoms with Crippen LogP contribution in [0.1, 0.15) is 26.7 Å². The highest BCUT2D eigenvalue weighted by Crippen LogP contribution is 2.29. The Morgan fingerprint density at radius 1 is 0.970 bits per heavy atom. The van der Waals surface area contributed by atoms with Gasteiger partial charge in [0.2, 0.25) is 0 Å². The second-order valence-electron chi connectivity index (χ2n) is 7.71. The summed E-state index contributed by atoms with van der Waals surface area (Å²) in [6.45, 7) is 6.79. The minimum Gasteiger partial charge on any atom is -0.508 e. The van der Waals surface area contributed by atoms with Crippen molar-refractivity contribution in [3.8, 4) is 11.8 Å². The Morgan fingerprint density at radius 2 is 1.70 bits per heavy atom. The van der Waals surface area contributed by atoms with Gasteiger partial charge in [-0.2, -0.15) is 5.26 Å². The monoisotopic (exact) mass is 473 g/mol. The summed E-state index contributed by atoms with van der Waals surface area (Å²) in [6, 6.07) is 17.5. The fourth-order valence-electron chi connectivity index (χ4n) is 3.54. The molecule has 0 spiro atoms. The second kappa shape index (κ2) is 9.45. The van der Waals surface area contributed by atoms with Crippen molar-refractivity contribution in [2.45, 2.75) is 27.3 Å². The molecule has 0 atom stereocenters. The molecule has 3 aromatic carbocycles. The van der Waals surface area contributed by atoms with Crippen LogP contribution < -0.4 is 11.1 Å². The summed E-state index contributed by atoms with van der Waals surface area (Å²) in [5.41, 5.74) is 12.9. The molecular formula is C25H23N5OS2. The third-order valence-electron chi connectivity index (χ3n) is 5.01. The molecule has 8 heteroatoms. The van der Waals surface area contributed by atoms with Gasteiger partial charge < -0.3 is 16.2 Å². The van der Waals surface area contributed by atoms with Gasteiger partial charge in [0.15, 0.2) is 5.01 Å². The number of nitrogens with zero attached hydrogens (tertiary/aromatic N) is 3. The highest BCUT2D eigenvalue weighted by molar-refractivity contribution is 7.19. The van der Waals surface area contributed by atoms with E-state index in [0.29, 0.717) is 5.01 Å². The molecule has 5 aromatic rings. The maximum atomic E-state index is 9.29. The molecule has 5 rings (SSSR count). The summed E-state index contributed by atoms with van der Waals surface area (Å²) in [5.74, 6) is 0.220. The molecule has 0 saturated heterocycles. The molecule has 0 saturated carbocycles. The van der Waals surface area contributed by atoms with Crippen LogP contribution in [0.5, 0.6) is 5.75 Å². The predicted molar refractivity (Wildman–Crippen MR) is 138 cm³/mol. The summed E-state index contributed by atoms with van der Waals surface area (Å²) in [7, 11) is 0. The van der Waals surface area contributed by atoms with Gasteiger partial charge in [0.1, 0.15) is 11.8 Å². The van der Waals surface area contributed by atoms with Gasteiger partial charge in [-0.3, -0.25) is 0 Å². The summed E-state index contributed by atoms with van der Waals surface area (Å²) in [6.07, 6.45) is 0. The Balaban J connectivity index is 0.000000172. The van der Waals surface area contributed by atoms with Crippen LogP contribution >= 0.6 is 22.7 Å². The lowest BCUT2D eigenvalue weighted by molar-refractivity contribution is 0.476. The largest absolute Gasteiger partial charge is 0.508 e. The van der Waals surface area contributed by atoms with Gasteiger partial charge in [-0.1, -0.05) is 12.1 Å². The number of hydrogen-bond acceptors (Lipinski definition) is 8. The quantitative estimate of drug-likeness (QED) is 0.266. The third-order valence-corrected chi connectivity index (χ3v) is 6.83. The van der Waals surface area contributed by atoms with Crippen molar-refractivity contribution in [1.82, 2.24) is 9.97 Å². The van der Waals surface area contributed by atoms with Crippen molar-refractivity contribution < 1.29 is 5.11 Å². The maximum absolute atomic E-state index is 9.29. The number of aryl methyl sites for hydroxylation is 3. The molecule has 2 aromatic heterocycles. The Hall–Kier alpha value is -3.67. The van der Waals surface area contributed by atoms with Crippen LogP contribution in [-0.2, 0) is 6.54 Å². The molecule has 0 aliphatic heterocycles. The van der Waals surface area contributed by atoms with E-state index < -0.39 is 0 Å². The number of phenolic OH excluding ortho intramolecular Hbond substituents is 1. The van der Waals surface area contributed by atoms with Crippen LogP contribution in [-0.4, -0.2) is 15.1 Å². The van der Waals surface area contributed by atoms with Crippen LogP contribution in [0.3, 0.4) is 0 Å². The first-order chi connectivity index (χ1) is 15.8. The van der Waals surface area contributed by atoms with Crippen molar-refractivity contribution in [2.24, 2.45) is 0 Å². The average molecular weight is 474 g/mol. The first-order valence-corrected chi connectivity index (χ1v) is 11.9. The number of aromatic nitrogens is 2. The number of nitriles is 1. The van der Waals surface area contributed by atoms with Gasteiger partial charge in [-0.05, 0) is 73.9 Å². The van der Waals surface area contributed by atoms with E-state index >= 15 is 0 Å². The van der Waals surface area contributed by atoms with E-state index in [2.05, 4.69) is 40.4 Å². The van der Waals surface area contributed by atoms with Crippen LogP contribution in [0.15, 0.2) is 48.5 Å². The lowest BCUT2D eigenvalue weighted by Gasteiger charge is -2.08. The summed E-state index contributed by atoms with van der Waals surface area (Å²) in [5, 5.41) is 22.9. The van der Waals surface area contributed by atoms with Gasteiger partial charge in [-0.25, -0.2) is 9.97 Å². The minimum atomic E-state index is 0.220. The molecule has 0 radical (unpaired) electrons. The van der Waals surface area contributed by atoms with E-state index in [0.717, 1.165) is 44.2 Å². The van der Waals surface area contributed by atoms with Crippen molar-refractivity contribution >= 4 is 54.5 Å². The van der Waals surface area contributed by atoms with Gasteiger partial charge >= 0.3 is 0 Å². The zero-order valence-electron chi connectivity index (χ0n) is 18.5. The number of phenols is 1. The Kier molecular flexibility index (Phi) is 6.45. The number of nitrogens with two attached hydrogens (primary N) is 1. The molecule has 2 heterocycles. The fourth-order valence-corrected chi connectivity index (χ4v) is 5.36. The molecule has 33 heavy (non-hydrogen) atoms.